The van der Waals surface area contributed by atoms with Crippen molar-refractivity contribution < 1.29 is 14.5 Å². The molecule has 0 aliphatic carbocycles. The molecule has 7 nitrogen and oxygen atoms in total. The second-order valence-corrected chi connectivity index (χ2v) is 5.38. The predicted molar refractivity (Wildman–Crippen MR) is 86.7 cm³/mol. The first-order chi connectivity index (χ1) is 11.0. The highest BCUT2D eigenvalue weighted by molar-refractivity contribution is 6.33. The van der Waals surface area contributed by atoms with E-state index in [9.17, 15) is 14.9 Å². The summed E-state index contributed by atoms with van der Waals surface area (Å²) >= 11 is 6.06. The highest BCUT2D eigenvalue weighted by atomic mass is 35.5. The van der Waals surface area contributed by atoms with Gasteiger partial charge in [-0.3, -0.25) is 14.9 Å². The molecule has 2 aromatic rings. The Labute approximate surface area is 136 Å². The van der Waals surface area contributed by atoms with Gasteiger partial charge in [-0.1, -0.05) is 11.6 Å². The smallest absolute Gasteiger partial charge is 0.271 e. The number of non-ortho nitro benzene ring substituents is 1. The van der Waals surface area contributed by atoms with Crippen LogP contribution in [0, 0.1) is 10.1 Å². The van der Waals surface area contributed by atoms with Crippen LogP contribution in [-0.4, -0.2) is 24.5 Å². The number of rotatable bonds is 3. The van der Waals surface area contributed by atoms with Crippen LogP contribution in [0.1, 0.15) is 0 Å². The molecule has 0 unspecified atom stereocenters. The molecular formula is C15H12ClN3O4. The highest BCUT2D eigenvalue weighted by Crippen LogP contribution is 2.36. The number of hydrogen-bond donors (Lipinski definition) is 1. The van der Waals surface area contributed by atoms with E-state index in [1.54, 1.807) is 25.2 Å². The summed E-state index contributed by atoms with van der Waals surface area (Å²) in [5.74, 6) is 0.482. The van der Waals surface area contributed by atoms with Gasteiger partial charge in [0.1, 0.15) is 5.75 Å². The Bertz CT molecular complexity index is 809. The van der Waals surface area contributed by atoms with Crippen molar-refractivity contribution in [1.82, 2.24) is 0 Å². The molecule has 0 bridgehead atoms. The first kappa shape index (κ1) is 15.1. The topological polar surface area (TPSA) is 84.7 Å². The number of likely N-dealkylation sites (N-methyl/N-ethyl adjacent to an activating group) is 1. The SMILES string of the molecule is CN1C(=O)COc2ccc(Nc3ccc([N+](=O)[O-])cc3Cl)cc21. The zero-order chi connectivity index (χ0) is 16.6. The average Bonchev–Trinajstić information content (AvgIpc) is 2.53. The highest BCUT2D eigenvalue weighted by Gasteiger charge is 2.22. The van der Waals surface area contributed by atoms with Crippen molar-refractivity contribution in [2.75, 3.05) is 23.9 Å². The fourth-order valence-corrected chi connectivity index (χ4v) is 2.45. The summed E-state index contributed by atoms with van der Waals surface area (Å²) in [5.41, 5.74) is 1.78. The molecule has 0 atom stereocenters. The number of nitrogens with zero attached hydrogens (tertiary/aromatic N) is 2. The van der Waals surface area contributed by atoms with Crippen molar-refractivity contribution in [2.24, 2.45) is 0 Å². The maximum atomic E-state index is 11.7. The molecule has 1 N–H and O–H groups in total. The number of carbonyl (C=O) groups excluding carboxylic acids is 1. The lowest BCUT2D eigenvalue weighted by atomic mass is 10.2. The minimum Gasteiger partial charge on any atom is -0.482 e. The molecule has 1 aliphatic rings. The number of nitrogens with one attached hydrogen (secondary N) is 1. The standard InChI is InChI=1S/C15H12ClN3O4/c1-18-13-6-9(2-5-14(13)23-8-15(18)20)17-12-4-3-10(19(21)22)7-11(12)16/h2-7,17H,8H2,1H3. The van der Waals surface area contributed by atoms with Gasteiger partial charge in [0.15, 0.2) is 6.61 Å². The van der Waals surface area contributed by atoms with E-state index < -0.39 is 4.92 Å². The van der Waals surface area contributed by atoms with E-state index in [0.717, 1.165) is 0 Å². The van der Waals surface area contributed by atoms with Crippen molar-refractivity contribution in [3.63, 3.8) is 0 Å². The third-order valence-corrected chi connectivity index (χ3v) is 3.80. The van der Waals surface area contributed by atoms with Crippen LogP contribution in [0.2, 0.25) is 5.02 Å². The number of nitro groups is 1. The Kier molecular flexibility index (Phi) is 3.79. The third-order valence-electron chi connectivity index (χ3n) is 3.49. The lowest BCUT2D eigenvalue weighted by molar-refractivity contribution is -0.384. The van der Waals surface area contributed by atoms with E-state index in [1.807, 2.05) is 0 Å². The van der Waals surface area contributed by atoms with Crippen molar-refractivity contribution in [3.05, 3.63) is 51.5 Å². The molecule has 118 valence electrons. The monoisotopic (exact) mass is 333 g/mol. The molecular weight excluding hydrogens is 322 g/mol. The molecule has 1 heterocycles. The lowest BCUT2D eigenvalue weighted by Crippen LogP contribution is -2.35. The number of anilines is 3. The number of fused-ring (bicyclic) bond motifs is 1. The summed E-state index contributed by atoms with van der Waals surface area (Å²) in [6.45, 7) is 0.0183. The zero-order valence-electron chi connectivity index (χ0n) is 12.1. The summed E-state index contributed by atoms with van der Waals surface area (Å²) in [5, 5.41) is 14.0. The second kappa shape index (κ2) is 5.77. The van der Waals surface area contributed by atoms with Gasteiger partial charge in [-0.15, -0.1) is 0 Å². The normalized spacial score (nSPS) is 13.3. The molecule has 3 rings (SSSR count). The maximum absolute atomic E-state index is 11.7. The van der Waals surface area contributed by atoms with E-state index in [-0.39, 0.29) is 23.2 Å². The molecule has 0 saturated heterocycles. The number of carbonyl (C=O) groups is 1. The van der Waals surface area contributed by atoms with Crippen LogP contribution in [0.5, 0.6) is 5.75 Å². The fraction of sp³-hybridized carbons (Fsp3) is 0.133. The Morgan fingerprint density at radius 3 is 2.78 bits per heavy atom. The Morgan fingerprint density at radius 1 is 1.30 bits per heavy atom. The van der Waals surface area contributed by atoms with E-state index in [0.29, 0.717) is 22.8 Å². The molecule has 0 fully saturated rings. The van der Waals surface area contributed by atoms with Crippen LogP contribution >= 0.6 is 11.6 Å². The first-order valence-electron chi connectivity index (χ1n) is 6.70. The van der Waals surface area contributed by atoms with Gasteiger partial charge in [0.25, 0.3) is 11.6 Å². The molecule has 0 spiro atoms. The second-order valence-electron chi connectivity index (χ2n) is 4.97. The van der Waals surface area contributed by atoms with Gasteiger partial charge < -0.3 is 15.0 Å². The van der Waals surface area contributed by atoms with E-state index in [1.165, 1.54) is 23.1 Å². The Hall–Kier alpha value is -2.80. The van der Waals surface area contributed by atoms with Gasteiger partial charge in [-0.25, -0.2) is 0 Å². The minimum atomic E-state index is -0.507. The van der Waals surface area contributed by atoms with Crippen LogP contribution in [0.3, 0.4) is 0 Å². The molecule has 1 amide bonds. The number of hydrogen-bond acceptors (Lipinski definition) is 5. The zero-order valence-corrected chi connectivity index (χ0v) is 12.8. The van der Waals surface area contributed by atoms with Crippen LogP contribution < -0.4 is 15.0 Å². The van der Waals surface area contributed by atoms with Crippen molar-refractivity contribution >= 4 is 40.3 Å². The van der Waals surface area contributed by atoms with Gasteiger partial charge >= 0.3 is 0 Å². The number of ether oxygens (including phenoxy) is 1. The summed E-state index contributed by atoms with van der Waals surface area (Å²) in [7, 11) is 1.67. The quantitative estimate of drug-likeness (QED) is 0.687. The lowest BCUT2D eigenvalue weighted by Gasteiger charge is -2.26. The number of nitro benzene ring substituents is 1. The number of halogens is 1. The van der Waals surface area contributed by atoms with E-state index in [4.69, 9.17) is 16.3 Å². The largest absolute Gasteiger partial charge is 0.482 e. The molecule has 0 radical (unpaired) electrons. The van der Waals surface area contributed by atoms with Crippen molar-refractivity contribution in [3.8, 4) is 5.75 Å². The van der Waals surface area contributed by atoms with Crippen LogP contribution in [0.4, 0.5) is 22.7 Å². The van der Waals surface area contributed by atoms with Gasteiger partial charge in [0.05, 0.1) is 21.3 Å². The Balaban J connectivity index is 1.89. The molecule has 2 aromatic carbocycles. The summed E-state index contributed by atoms with van der Waals surface area (Å²) < 4.78 is 5.36. The number of amides is 1. The molecule has 0 aromatic heterocycles. The molecule has 1 aliphatic heterocycles. The molecule has 23 heavy (non-hydrogen) atoms. The summed E-state index contributed by atoms with van der Waals surface area (Å²) in [6, 6.07) is 9.46. The average molecular weight is 334 g/mol. The first-order valence-corrected chi connectivity index (χ1v) is 7.08. The number of benzene rings is 2. The van der Waals surface area contributed by atoms with Crippen molar-refractivity contribution in [2.45, 2.75) is 0 Å². The van der Waals surface area contributed by atoms with Crippen LogP contribution in [-0.2, 0) is 4.79 Å². The van der Waals surface area contributed by atoms with Crippen LogP contribution in [0.15, 0.2) is 36.4 Å². The fourth-order valence-electron chi connectivity index (χ4n) is 2.22. The molecule has 8 heteroatoms. The van der Waals surface area contributed by atoms with Gasteiger partial charge in [-0.2, -0.15) is 0 Å². The van der Waals surface area contributed by atoms with Gasteiger partial charge in [-0.05, 0) is 24.3 Å². The minimum absolute atomic E-state index is 0.0183. The predicted octanol–water partition coefficient (Wildman–Crippen LogP) is 3.35. The third kappa shape index (κ3) is 2.91. The van der Waals surface area contributed by atoms with Gasteiger partial charge in [0, 0.05) is 24.9 Å². The Morgan fingerprint density at radius 2 is 2.09 bits per heavy atom. The summed E-state index contributed by atoms with van der Waals surface area (Å²) in [6.07, 6.45) is 0. The molecule has 0 saturated carbocycles. The maximum Gasteiger partial charge on any atom is 0.271 e. The van der Waals surface area contributed by atoms with Crippen molar-refractivity contribution in [1.29, 1.82) is 0 Å². The summed E-state index contributed by atoms with van der Waals surface area (Å²) in [4.78, 5) is 23.4. The van der Waals surface area contributed by atoms with E-state index >= 15 is 0 Å². The van der Waals surface area contributed by atoms with Crippen LogP contribution in [0.25, 0.3) is 0 Å². The van der Waals surface area contributed by atoms with Gasteiger partial charge in [0.2, 0.25) is 0 Å². The van der Waals surface area contributed by atoms with E-state index in [2.05, 4.69) is 5.32 Å².